The summed E-state index contributed by atoms with van der Waals surface area (Å²) in [6.07, 6.45) is 1.16. The van der Waals surface area contributed by atoms with Gasteiger partial charge in [-0.25, -0.2) is 0 Å². The zero-order valence-electron chi connectivity index (χ0n) is 12.4. The van der Waals surface area contributed by atoms with E-state index in [1.54, 1.807) is 0 Å². The highest BCUT2D eigenvalue weighted by molar-refractivity contribution is 5.28. The van der Waals surface area contributed by atoms with Crippen LogP contribution in [0.15, 0.2) is 48.5 Å². The van der Waals surface area contributed by atoms with Crippen LogP contribution in [0.3, 0.4) is 0 Å². The van der Waals surface area contributed by atoms with E-state index in [0.717, 1.165) is 25.3 Å². The fourth-order valence-corrected chi connectivity index (χ4v) is 2.08. The molecule has 2 heteroatoms. The first-order valence-electron chi connectivity index (χ1n) is 7.26. The highest BCUT2D eigenvalue weighted by Gasteiger charge is 1.97. The molecule has 0 amide bonds. The Morgan fingerprint density at radius 1 is 1.00 bits per heavy atom. The predicted octanol–water partition coefficient (Wildman–Crippen LogP) is 4.07. The molecule has 0 radical (unpaired) electrons. The maximum absolute atomic E-state index is 5.81. The van der Waals surface area contributed by atoms with Gasteiger partial charge in [0, 0.05) is 6.54 Å². The first-order chi connectivity index (χ1) is 9.78. The SMILES string of the molecule is CCCNCc1ccc(OCc2cccc(C)c2)cc1. The van der Waals surface area contributed by atoms with Crippen LogP contribution in [0.4, 0.5) is 0 Å². The average Bonchev–Trinajstić information content (AvgIpc) is 2.47. The Balaban J connectivity index is 1.84. The largest absolute Gasteiger partial charge is 0.489 e. The summed E-state index contributed by atoms with van der Waals surface area (Å²) in [6.45, 7) is 6.88. The van der Waals surface area contributed by atoms with E-state index >= 15 is 0 Å². The van der Waals surface area contributed by atoms with E-state index in [4.69, 9.17) is 4.74 Å². The molecule has 0 bridgehead atoms. The van der Waals surface area contributed by atoms with Crippen LogP contribution >= 0.6 is 0 Å². The van der Waals surface area contributed by atoms with E-state index in [0.29, 0.717) is 6.61 Å². The van der Waals surface area contributed by atoms with Gasteiger partial charge in [-0.2, -0.15) is 0 Å². The van der Waals surface area contributed by atoms with E-state index in [9.17, 15) is 0 Å². The molecule has 20 heavy (non-hydrogen) atoms. The Morgan fingerprint density at radius 3 is 2.50 bits per heavy atom. The fraction of sp³-hybridized carbons (Fsp3) is 0.333. The van der Waals surface area contributed by atoms with Gasteiger partial charge in [-0.3, -0.25) is 0 Å². The summed E-state index contributed by atoms with van der Waals surface area (Å²) in [6, 6.07) is 16.7. The lowest BCUT2D eigenvalue weighted by Crippen LogP contribution is -2.13. The van der Waals surface area contributed by atoms with Gasteiger partial charge in [-0.15, -0.1) is 0 Å². The van der Waals surface area contributed by atoms with Gasteiger partial charge in [0.05, 0.1) is 0 Å². The minimum absolute atomic E-state index is 0.620. The van der Waals surface area contributed by atoms with Crippen molar-refractivity contribution in [1.29, 1.82) is 0 Å². The Morgan fingerprint density at radius 2 is 1.80 bits per heavy atom. The average molecular weight is 269 g/mol. The standard InChI is InChI=1S/C18H23NO/c1-3-11-19-13-16-7-9-18(10-8-16)20-14-17-6-4-5-15(2)12-17/h4-10,12,19H,3,11,13-14H2,1-2H3. The Bertz CT molecular complexity index is 519. The third-order valence-electron chi connectivity index (χ3n) is 3.17. The Labute approximate surface area is 121 Å². The van der Waals surface area contributed by atoms with E-state index in [1.165, 1.54) is 16.7 Å². The third kappa shape index (κ3) is 4.71. The lowest BCUT2D eigenvalue weighted by Gasteiger charge is -2.08. The molecule has 0 atom stereocenters. The lowest BCUT2D eigenvalue weighted by atomic mass is 10.1. The molecular weight excluding hydrogens is 246 g/mol. The molecule has 0 spiro atoms. The molecule has 0 fully saturated rings. The highest BCUT2D eigenvalue weighted by Crippen LogP contribution is 2.14. The van der Waals surface area contributed by atoms with Crippen LogP contribution in [0, 0.1) is 6.92 Å². The number of nitrogens with one attached hydrogen (secondary N) is 1. The molecule has 2 aromatic rings. The smallest absolute Gasteiger partial charge is 0.119 e. The van der Waals surface area contributed by atoms with Crippen molar-refractivity contribution in [3.8, 4) is 5.75 Å². The number of hydrogen-bond acceptors (Lipinski definition) is 2. The maximum atomic E-state index is 5.81. The minimum Gasteiger partial charge on any atom is -0.489 e. The summed E-state index contributed by atoms with van der Waals surface area (Å²) in [5, 5.41) is 3.39. The van der Waals surface area contributed by atoms with Gasteiger partial charge >= 0.3 is 0 Å². The van der Waals surface area contributed by atoms with Gasteiger partial charge in [0.25, 0.3) is 0 Å². The monoisotopic (exact) mass is 269 g/mol. The number of benzene rings is 2. The molecular formula is C18H23NO. The summed E-state index contributed by atoms with van der Waals surface area (Å²) in [4.78, 5) is 0. The van der Waals surface area contributed by atoms with Crippen LogP contribution in [0.2, 0.25) is 0 Å². The van der Waals surface area contributed by atoms with Crippen molar-refractivity contribution in [3.05, 3.63) is 65.2 Å². The van der Waals surface area contributed by atoms with Crippen LogP contribution in [0.5, 0.6) is 5.75 Å². The van der Waals surface area contributed by atoms with E-state index in [1.807, 2.05) is 12.1 Å². The predicted molar refractivity (Wildman–Crippen MR) is 84.0 cm³/mol. The van der Waals surface area contributed by atoms with Crippen molar-refractivity contribution in [3.63, 3.8) is 0 Å². The molecule has 0 unspecified atom stereocenters. The Hall–Kier alpha value is -1.80. The quantitative estimate of drug-likeness (QED) is 0.765. The van der Waals surface area contributed by atoms with E-state index in [2.05, 4.69) is 55.6 Å². The summed E-state index contributed by atoms with van der Waals surface area (Å²) < 4.78 is 5.81. The van der Waals surface area contributed by atoms with Crippen molar-refractivity contribution in [2.24, 2.45) is 0 Å². The fourth-order valence-electron chi connectivity index (χ4n) is 2.08. The normalized spacial score (nSPS) is 10.5. The Kier molecular flexibility index (Phi) is 5.63. The van der Waals surface area contributed by atoms with E-state index < -0.39 is 0 Å². The molecule has 0 aliphatic carbocycles. The van der Waals surface area contributed by atoms with Crippen molar-refractivity contribution in [2.75, 3.05) is 6.54 Å². The number of hydrogen-bond donors (Lipinski definition) is 1. The number of aryl methyl sites for hydroxylation is 1. The van der Waals surface area contributed by atoms with Gasteiger partial charge in [-0.05, 0) is 43.1 Å². The molecule has 0 aromatic heterocycles. The summed E-state index contributed by atoms with van der Waals surface area (Å²) >= 11 is 0. The minimum atomic E-state index is 0.620. The van der Waals surface area contributed by atoms with Crippen molar-refractivity contribution in [2.45, 2.75) is 33.4 Å². The molecule has 0 aliphatic heterocycles. The summed E-state index contributed by atoms with van der Waals surface area (Å²) in [7, 11) is 0. The maximum Gasteiger partial charge on any atom is 0.119 e. The van der Waals surface area contributed by atoms with Crippen molar-refractivity contribution >= 4 is 0 Å². The van der Waals surface area contributed by atoms with Crippen LogP contribution in [-0.2, 0) is 13.2 Å². The van der Waals surface area contributed by atoms with Gasteiger partial charge in [-0.1, -0.05) is 48.9 Å². The molecule has 0 saturated carbocycles. The first kappa shape index (κ1) is 14.6. The summed E-state index contributed by atoms with van der Waals surface area (Å²) in [5.41, 5.74) is 3.77. The molecule has 2 nitrogen and oxygen atoms in total. The van der Waals surface area contributed by atoms with Crippen LogP contribution in [0.25, 0.3) is 0 Å². The zero-order valence-corrected chi connectivity index (χ0v) is 12.4. The lowest BCUT2D eigenvalue weighted by molar-refractivity contribution is 0.306. The zero-order chi connectivity index (χ0) is 14.2. The third-order valence-corrected chi connectivity index (χ3v) is 3.17. The molecule has 0 aliphatic rings. The number of ether oxygens (including phenoxy) is 1. The van der Waals surface area contributed by atoms with Crippen LogP contribution in [-0.4, -0.2) is 6.54 Å². The van der Waals surface area contributed by atoms with Gasteiger partial charge in [0.1, 0.15) is 12.4 Å². The van der Waals surface area contributed by atoms with Gasteiger partial charge < -0.3 is 10.1 Å². The number of rotatable bonds is 7. The summed E-state index contributed by atoms with van der Waals surface area (Å²) in [5.74, 6) is 0.922. The molecule has 2 rings (SSSR count). The van der Waals surface area contributed by atoms with Crippen molar-refractivity contribution < 1.29 is 4.74 Å². The molecule has 0 heterocycles. The van der Waals surface area contributed by atoms with Crippen LogP contribution in [0.1, 0.15) is 30.0 Å². The highest BCUT2D eigenvalue weighted by atomic mass is 16.5. The molecule has 2 aromatic carbocycles. The second-order valence-corrected chi connectivity index (χ2v) is 5.10. The van der Waals surface area contributed by atoms with Crippen molar-refractivity contribution in [1.82, 2.24) is 5.32 Å². The molecule has 1 N–H and O–H groups in total. The first-order valence-corrected chi connectivity index (χ1v) is 7.26. The topological polar surface area (TPSA) is 21.3 Å². The second-order valence-electron chi connectivity index (χ2n) is 5.10. The van der Waals surface area contributed by atoms with Crippen LogP contribution < -0.4 is 10.1 Å². The second kappa shape index (κ2) is 7.71. The van der Waals surface area contributed by atoms with Gasteiger partial charge in [0.15, 0.2) is 0 Å². The molecule has 0 saturated heterocycles. The van der Waals surface area contributed by atoms with Gasteiger partial charge in [0.2, 0.25) is 0 Å². The van der Waals surface area contributed by atoms with E-state index in [-0.39, 0.29) is 0 Å². The molecule has 106 valence electrons.